The molecule has 0 bridgehead atoms. The van der Waals surface area contributed by atoms with Crippen molar-refractivity contribution in [1.29, 1.82) is 0 Å². The SMILES string of the molecule is CCC(CC)N(CCBr)c1ccc2c(n1)CCC2. The summed E-state index contributed by atoms with van der Waals surface area (Å²) in [5, 5.41) is 1.00. The molecule has 1 heterocycles. The van der Waals surface area contributed by atoms with E-state index in [4.69, 9.17) is 4.98 Å². The van der Waals surface area contributed by atoms with E-state index < -0.39 is 0 Å². The fourth-order valence-electron chi connectivity index (χ4n) is 2.87. The first kappa shape index (κ1) is 13.9. The number of hydrogen-bond donors (Lipinski definition) is 0. The first-order valence-electron chi connectivity index (χ1n) is 7.11. The van der Waals surface area contributed by atoms with Crippen LogP contribution >= 0.6 is 15.9 Å². The van der Waals surface area contributed by atoms with Crippen molar-refractivity contribution in [1.82, 2.24) is 4.98 Å². The standard InChI is InChI=1S/C15H23BrN2/c1-3-13(4-2)18(11-10-16)15-9-8-12-6-5-7-14(12)17-15/h8-9,13H,3-7,10-11H2,1-2H3. The highest BCUT2D eigenvalue weighted by molar-refractivity contribution is 9.09. The second kappa shape index (κ2) is 6.55. The van der Waals surface area contributed by atoms with Gasteiger partial charge in [-0.2, -0.15) is 0 Å². The zero-order valence-electron chi connectivity index (χ0n) is 11.5. The largest absolute Gasteiger partial charge is 0.353 e. The number of halogens is 1. The first-order chi connectivity index (χ1) is 8.80. The number of hydrogen-bond acceptors (Lipinski definition) is 2. The van der Waals surface area contributed by atoms with Crippen LogP contribution in [0.2, 0.25) is 0 Å². The zero-order valence-corrected chi connectivity index (χ0v) is 13.0. The van der Waals surface area contributed by atoms with Crippen LogP contribution in [0.15, 0.2) is 12.1 Å². The van der Waals surface area contributed by atoms with Crippen LogP contribution in [0.3, 0.4) is 0 Å². The number of fused-ring (bicyclic) bond motifs is 1. The minimum atomic E-state index is 0.606. The number of rotatable bonds is 6. The van der Waals surface area contributed by atoms with Crippen LogP contribution in [0.1, 0.15) is 44.4 Å². The molecule has 0 spiro atoms. The summed E-state index contributed by atoms with van der Waals surface area (Å²) in [6.07, 6.45) is 6.01. The number of alkyl halides is 1. The van der Waals surface area contributed by atoms with Crippen LogP contribution in [-0.2, 0) is 12.8 Å². The molecular formula is C15H23BrN2. The second-order valence-electron chi connectivity index (χ2n) is 4.98. The molecule has 1 aromatic heterocycles. The molecule has 1 aliphatic rings. The van der Waals surface area contributed by atoms with E-state index in [0.29, 0.717) is 6.04 Å². The van der Waals surface area contributed by atoms with Crippen molar-refractivity contribution in [2.24, 2.45) is 0 Å². The van der Waals surface area contributed by atoms with E-state index in [0.717, 1.165) is 18.3 Å². The summed E-state index contributed by atoms with van der Waals surface area (Å²) in [6.45, 7) is 5.57. The molecule has 0 aliphatic heterocycles. The highest BCUT2D eigenvalue weighted by Crippen LogP contribution is 2.25. The van der Waals surface area contributed by atoms with Crippen molar-refractivity contribution >= 4 is 21.7 Å². The number of nitrogens with zero attached hydrogens (tertiary/aromatic N) is 2. The van der Waals surface area contributed by atoms with E-state index in [1.54, 1.807) is 0 Å². The molecular weight excluding hydrogens is 288 g/mol. The highest BCUT2D eigenvalue weighted by atomic mass is 79.9. The lowest BCUT2D eigenvalue weighted by atomic mass is 10.1. The monoisotopic (exact) mass is 310 g/mol. The van der Waals surface area contributed by atoms with Gasteiger partial charge in [-0.05, 0) is 43.7 Å². The Morgan fingerprint density at radius 2 is 2.06 bits per heavy atom. The predicted octanol–water partition coefficient (Wildman–Crippen LogP) is 3.96. The molecule has 0 aromatic carbocycles. The lowest BCUT2D eigenvalue weighted by molar-refractivity contribution is 0.563. The topological polar surface area (TPSA) is 16.1 Å². The summed E-state index contributed by atoms with van der Waals surface area (Å²) in [4.78, 5) is 7.36. The third kappa shape index (κ3) is 2.87. The molecule has 0 radical (unpaired) electrons. The van der Waals surface area contributed by atoms with Crippen molar-refractivity contribution < 1.29 is 0 Å². The van der Waals surface area contributed by atoms with E-state index in [2.05, 4.69) is 46.8 Å². The Kier molecular flexibility index (Phi) is 5.04. The molecule has 0 atom stereocenters. The molecule has 18 heavy (non-hydrogen) atoms. The van der Waals surface area contributed by atoms with Crippen LogP contribution in [0.25, 0.3) is 0 Å². The Morgan fingerprint density at radius 1 is 1.28 bits per heavy atom. The molecule has 0 saturated carbocycles. The molecule has 0 N–H and O–H groups in total. The molecule has 100 valence electrons. The fourth-order valence-corrected chi connectivity index (χ4v) is 3.26. The van der Waals surface area contributed by atoms with Gasteiger partial charge in [-0.1, -0.05) is 35.8 Å². The Bertz CT molecular complexity index is 388. The molecule has 2 nitrogen and oxygen atoms in total. The van der Waals surface area contributed by atoms with Crippen molar-refractivity contribution in [3.63, 3.8) is 0 Å². The number of pyridine rings is 1. The summed E-state index contributed by atoms with van der Waals surface area (Å²) in [5.41, 5.74) is 2.79. The van der Waals surface area contributed by atoms with Gasteiger partial charge in [-0.15, -0.1) is 0 Å². The quantitative estimate of drug-likeness (QED) is 0.739. The van der Waals surface area contributed by atoms with Gasteiger partial charge in [0.05, 0.1) is 0 Å². The van der Waals surface area contributed by atoms with Crippen molar-refractivity contribution in [2.45, 2.75) is 52.0 Å². The first-order valence-corrected chi connectivity index (χ1v) is 8.23. The van der Waals surface area contributed by atoms with Crippen LogP contribution < -0.4 is 4.90 Å². The van der Waals surface area contributed by atoms with Crippen molar-refractivity contribution in [3.8, 4) is 0 Å². The van der Waals surface area contributed by atoms with Gasteiger partial charge in [0.25, 0.3) is 0 Å². The lowest BCUT2D eigenvalue weighted by Crippen LogP contribution is -2.36. The average molecular weight is 311 g/mol. The van der Waals surface area contributed by atoms with Gasteiger partial charge in [0.15, 0.2) is 0 Å². The number of anilines is 1. The third-order valence-electron chi connectivity index (χ3n) is 3.92. The predicted molar refractivity (Wildman–Crippen MR) is 81.8 cm³/mol. The van der Waals surface area contributed by atoms with E-state index in [9.17, 15) is 0 Å². The minimum absolute atomic E-state index is 0.606. The van der Waals surface area contributed by atoms with Gasteiger partial charge in [-0.25, -0.2) is 4.98 Å². The molecule has 0 unspecified atom stereocenters. The Hall–Kier alpha value is -0.570. The van der Waals surface area contributed by atoms with E-state index >= 15 is 0 Å². The molecule has 0 saturated heterocycles. The third-order valence-corrected chi connectivity index (χ3v) is 4.27. The van der Waals surface area contributed by atoms with Crippen LogP contribution in [0, 0.1) is 0 Å². The van der Waals surface area contributed by atoms with Crippen molar-refractivity contribution in [2.75, 3.05) is 16.8 Å². The summed E-state index contributed by atoms with van der Waals surface area (Å²) in [7, 11) is 0. The molecule has 3 heteroatoms. The number of aryl methyl sites for hydroxylation is 2. The Balaban J connectivity index is 2.24. The summed E-state index contributed by atoms with van der Waals surface area (Å²) < 4.78 is 0. The lowest BCUT2D eigenvalue weighted by Gasteiger charge is -2.31. The smallest absolute Gasteiger partial charge is 0.129 e. The summed E-state index contributed by atoms with van der Waals surface area (Å²) >= 11 is 3.57. The van der Waals surface area contributed by atoms with Gasteiger partial charge in [-0.3, -0.25) is 0 Å². The van der Waals surface area contributed by atoms with Crippen LogP contribution in [-0.4, -0.2) is 22.9 Å². The molecule has 1 aliphatic carbocycles. The number of aromatic nitrogens is 1. The molecule has 0 amide bonds. The van der Waals surface area contributed by atoms with Crippen molar-refractivity contribution in [3.05, 3.63) is 23.4 Å². The van der Waals surface area contributed by atoms with Crippen LogP contribution in [0.5, 0.6) is 0 Å². The normalized spacial score (nSPS) is 14.0. The zero-order chi connectivity index (χ0) is 13.0. The molecule has 2 rings (SSSR count). The fraction of sp³-hybridized carbons (Fsp3) is 0.667. The van der Waals surface area contributed by atoms with E-state index in [-0.39, 0.29) is 0 Å². The minimum Gasteiger partial charge on any atom is -0.353 e. The van der Waals surface area contributed by atoms with E-state index in [1.165, 1.54) is 42.8 Å². The molecule has 1 aromatic rings. The maximum atomic E-state index is 4.89. The summed E-state index contributed by atoms with van der Waals surface area (Å²) in [5.74, 6) is 1.17. The molecule has 0 fully saturated rings. The summed E-state index contributed by atoms with van der Waals surface area (Å²) in [6, 6.07) is 5.11. The highest BCUT2D eigenvalue weighted by Gasteiger charge is 2.19. The van der Waals surface area contributed by atoms with E-state index in [1.807, 2.05) is 0 Å². The average Bonchev–Trinajstić information content (AvgIpc) is 2.86. The van der Waals surface area contributed by atoms with Gasteiger partial charge >= 0.3 is 0 Å². The van der Waals surface area contributed by atoms with Gasteiger partial charge in [0.2, 0.25) is 0 Å². The van der Waals surface area contributed by atoms with Crippen LogP contribution in [0.4, 0.5) is 5.82 Å². The van der Waals surface area contributed by atoms with Gasteiger partial charge in [0, 0.05) is 23.6 Å². The Labute approximate surface area is 119 Å². The maximum Gasteiger partial charge on any atom is 0.129 e. The second-order valence-corrected chi connectivity index (χ2v) is 5.77. The maximum absolute atomic E-state index is 4.89. The van der Waals surface area contributed by atoms with Gasteiger partial charge < -0.3 is 4.90 Å². The van der Waals surface area contributed by atoms with Gasteiger partial charge in [0.1, 0.15) is 5.82 Å². The Morgan fingerprint density at radius 3 is 2.72 bits per heavy atom.